The van der Waals surface area contributed by atoms with Gasteiger partial charge >= 0.3 is 0 Å². The number of halogens is 2. The van der Waals surface area contributed by atoms with E-state index in [2.05, 4.69) is 20.9 Å². The molecule has 0 N–H and O–H groups in total. The van der Waals surface area contributed by atoms with Crippen molar-refractivity contribution >= 4 is 38.8 Å². The summed E-state index contributed by atoms with van der Waals surface area (Å²) >= 11 is 9.39. The molecule has 0 aromatic carbocycles. The summed E-state index contributed by atoms with van der Waals surface area (Å²) in [7, 11) is 0. The highest BCUT2D eigenvalue weighted by atomic mass is 79.9. The molecule has 0 atom stereocenters. The van der Waals surface area contributed by atoms with Crippen LogP contribution in [0.15, 0.2) is 22.8 Å². The second-order valence-corrected chi connectivity index (χ2v) is 4.48. The lowest BCUT2D eigenvalue weighted by Gasteiger charge is -1.99. The average molecular weight is 288 g/mol. The van der Waals surface area contributed by atoms with Crippen molar-refractivity contribution in [3.05, 3.63) is 33.8 Å². The highest BCUT2D eigenvalue weighted by Gasteiger charge is 2.12. The number of aromatic nitrogens is 2. The molecule has 0 aliphatic heterocycles. The summed E-state index contributed by atoms with van der Waals surface area (Å²) in [4.78, 5) is 15.2. The van der Waals surface area contributed by atoms with Crippen LogP contribution in [0.5, 0.6) is 0 Å². The second kappa shape index (κ2) is 3.94. The number of carbonyl (C=O) groups excluding carboxylic acids is 1. The first-order valence-corrected chi connectivity index (χ1v) is 5.57. The van der Waals surface area contributed by atoms with Crippen LogP contribution in [0.4, 0.5) is 0 Å². The highest BCUT2D eigenvalue weighted by Crippen LogP contribution is 2.26. The van der Waals surface area contributed by atoms with E-state index in [1.165, 1.54) is 6.92 Å². The molecule has 0 aliphatic carbocycles. The maximum atomic E-state index is 11.0. The SMILES string of the molecule is CC(=O)Cc1nc(Cl)c2c(Br)cccn12. The lowest BCUT2D eigenvalue weighted by atomic mass is 10.3. The summed E-state index contributed by atoms with van der Waals surface area (Å²) in [5.74, 6) is 0.738. The molecule has 0 amide bonds. The fraction of sp³-hybridized carbons (Fsp3) is 0.200. The summed E-state index contributed by atoms with van der Waals surface area (Å²) in [6.07, 6.45) is 2.14. The van der Waals surface area contributed by atoms with E-state index in [1.54, 1.807) is 0 Å². The van der Waals surface area contributed by atoms with Gasteiger partial charge in [0, 0.05) is 10.7 Å². The molecule has 15 heavy (non-hydrogen) atoms. The van der Waals surface area contributed by atoms with Crippen molar-refractivity contribution in [3.8, 4) is 0 Å². The number of ketones is 1. The molecule has 2 heterocycles. The quantitative estimate of drug-likeness (QED) is 0.851. The molecule has 0 spiro atoms. The van der Waals surface area contributed by atoms with Crippen LogP contribution >= 0.6 is 27.5 Å². The van der Waals surface area contributed by atoms with Gasteiger partial charge in [-0.05, 0) is 35.0 Å². The number of imidazole rings is 1. The molecular weight excluding hydrogens is 279 g/mol. The topological polar surface area (TPSA) is 34.4 Å². The molecule has 0 fully saturated rings. The molecule has 2 aromatic rings. The molecule has 0 aliphatic rings. The van der Waals surface area contributed by atoms with Gasteiger partial charge in [0.05, 0.1) is 11.9 Å². The van der Waals surface area contributed by atoms with Gasteiger partial charge in [0.25, 0.3) is 0 Å². The molecule has 0 unspecified atom stereocenters. The number of fused-ring (bicyclic) bond motifs is 1. The zero-order chi connectivity index (χ0) is 11.0. The van der Waals surface area contributed by atoms with Gasteiger partial charge in [-0.1, -0.05) is 11.6 Å². The van der Waals surface area contributed by atoms with Crippen LogP contribution in [-0.4, -0.2) is 15.2 Å². The number of nitrogens with zero attached hydrogens (tertiary/aromatic N) is 2. The second-order valence-electron chi connectivity index (χ2n) is 3.27. The maximum absolute atomic E-state index is 11.0. The first kappa shape index (κ1) is 10.6. The van der Waals surface area contributed by atoms with Crippen LogP contribution in [-0.2, 0) is 11.2 Å². The van der Waals surface area contributed by atoms with E-state index in [0.29, 0.717) is 17.4 Å². The maximum Gasteiger partial charge on any atom is 0.156 e. The largest absolute Gasteiger partial charge is 0.301 e. The van der Waals surface area contributed by atoms with E-state index in [4.69, 9.17) is 11.6 Å². The van der Waals surface area contributed by atoms with E-state index in [0.717, 1.165) is 9.99 Å². The Hall–Kier alpha value is -0.870. The van der Waals surface area contributed by atoms with Gasteiger partial charge in [-0.15, -0.1) is 0 Å². The predicted molar refractivity (Wildman–Crippen MR) is 62.3 cm³/mol. The Kier molecular flexibility index (Phi) is 2.80. The van der Waals surface area contributed by atoms with Crippen LogP contribution in [0, 0.1) is 0 Å². The average Bonchev–Trinajstić information content (AvgIpc) is 2.44. The highest BCUT2D eigenvalue weighted by molar-refractivity contribution is 9.10. The minimum Gasteiger partial charge on any atom is -0.301 e. The van der Waals surface area contributed by atoms with Crippen molar-refractivity contribution in [3.63, 3.8) is 0 Å². The van der Waals surface area contributed by atoms with E-state index in [-0.39, 0.29) is 5.78 Å². The van der Waals surface area contributed by atoms with Crippen LogP contribution in [0.1, 0.15) is 12.7 Å². The first-order valence-electron chi connectivity index (χ1n) is 4.40. The predicted octanol–water partition coefficient (Wildman–Crippen LogP) is 2.88. The van der Waals surface area contributed by atoms with Crippen LogP contribution in [0.2, 0.25) is 5.15 Å². The monoisotopic (exact) mass is 286 g/mol. The molecule has 3 nitrogen and oxygen atoms in total. The summed E-state index contributed by atoms with van der Waals surface area (Å²) in [6, 6.07) is 3.76. The van der Waals surface area contributed by atoms with Crippen molar-refractivity contribution in [2.45, 2.75) is 13.3 Å². The summed E-state index contributed by atoms with van der Waals surface area (Å²) in [6.45, 7) is 1.53. The molecule has 0 bridgehead atoms. The first-order chi connectivity index (χ1) is 7.09. The molecule has 2 aromatic heterocycles. The van der Waals surface area contributed by atoms with Gasteiger partial charge in [-0.3, -0.25) is 4.79 Å². The minimum atomic E-state index is 0.0681. The Bertz CT molecular complexity index is 535. The molecule has 0 saturated heterocycles. The zero-order valence-corrected chi connectivity index (χ0v) is 10.3. The van der Waals surface area contributed by atoms with Crippen molar-refractivity contribution in [1.82, 2.24) is 9.38 Å². The Morgan fingerprint density at radius 2 is 2.40 bits per heavy atom. The number of pyridine rings is 1. The van der Waals surface area contributed by atoms with Crippen LogP contribution in [0.25, 0.3) is 5.52 Å². The molecular formula is C10H8BrClN2O. The summed E-state index contributed by atoms with van der Waals surface area (Å²) < 4.78 is 2.70. The van der Waals surface area contributed by atoms with E-state index < -0.39 is 0 Å². The zero-order valence-electron chi connectivity index (χ0n) is 8.00. The Morgan fingerprint density at radius 3 is 3.07 bits per heavy atom. The number of hydrogen-bond donors (Lipinski definition) is 0. The Labute approximate surface area is 100 Å². The third kappa shape index (κ3) is 1.92. The number of hydrogen-bond acceptors (Lipinski definition) is 2. The Morgan fingerprint density at radius 1 is 1.67 bits per heavy atom. The van der Waals surface area contributed by atoms with Gasteiger partial charge in [0.1, 0.15) is 11.6 Å². The molecule has 0 saturated carbocycles. The van der Waals surface area contributed by atoms with Crippen LogP contribution < -0.4 is 0 Å². The van der Waals surface area contributed by atoms with Crippen molar-refractivity contribution in [1.29, 1.82) is 0 Å². The fourth-order valence-corrected chi connectivity index (χ4v) is 2.40. The van der Waals surface area contributed by atoms with Crippen molar-refractivity contribution < 1.29 is 4.79 Å². The van der Waals surface area contributed by atoms with Gasteiger partial charge < -0.3 is 4.40 Å². The third-order valence-corrected chi connectivity index (χ3v) is 2.96. The van der Waals surface area contributed by atoms with Crippen molar-refractivity contribution in [2.24, 2.45) is 0 Å². The Balaban J connectivity index is 2.68. The van der Waals surface area contributed by atoms with Gasteiger partial charge in [0.15, 0.2) is 5.15 Å². The lowest BCUT2D eigenvalue weighted by Crippen LogP contribution is -2.01. The standard InChI is InChI=1S/C10H8BrClN2O/c1-6(15)5-8-13-10(12)9-7(11)3-2-4-14(8)9/h2-4H,5H2,1H3. The van der Waals surface area contributed by atoms with Gasteiger partial charge in [-0.2, -0.15) is 0 Å². The van der Waals surface area contributed by atoms with E-state index >= 15 is 0 Å². The summed E-state index contributed by atoms with van der Waals surface area (Å²) in [5, 5.41) is 0.415. The van der Waals surface area contributed by atoms with Crippen LogP contribution in [0.3, 0.4) is 0 Å². The van der Waals surface area contributed by atoms with E-state index in [9.17, 15) is 4.79 Å². The van der Waals surface area contributed by atoms with Gasteiger partial charge in [0.2, 0.25) is 0 Å². The smallest absolute Gasteiger partial charge is 0.156 e. The molecule has 2 rings (SSSR count). The minimum absolute atomic E-state index is 0.0681. The summed E-state index contributed by atoms with van der Waals surface area (Å²) in [5.41, 5.74) is 0.801. The van der Waals surface area contributed by atoms with E-state index in [1.807, 2.05) is 22.7 Å². The van der Waals surface area contributed by atoms with Gasteiger partial charge in [-0.25, -0.2) is 4.98 Å². The normalized spacial score (nSPS) is 10.9. The molecule has 78 valence electrons. The fourth-order valence-electron chi connectivity index (χ4n) is 1.46. The number of carbonyl (C=O) groups is 1. The molecule has 5 heteroatoms. The molecule has 0 radical (unpaired) electrons. The van der Waals surface area contributed by atoms with Crippen molar-refractivity contribution in [2.75, 3.05) is 0 Å². The lowest BCUT2D eigenvalue weighted by molar-refractivity contribution is -0.116. The number of Topliss-reactive ketones (excluding diaryl/α,β-unsaturated/α-hetero) is 1. The third-order valence-electron chi connectivity index (χ3n) is 2.05. The number of rotatable bonds is 2.